The summed E-state index contributed by atoms with van der Waals surface area (Å²) in [6.45, 7) is 4.64. The Labute approximate surface area is 190 Å². The van der Waals surface area contributed by atoms with Crippen LogP contribution in [0.15, 0.2) is 41.3 Å². The van der Waals surface area contributed by atoms with Crippen molar-refractivity contribution in [1.29, 1.82) is 0 Å². The van der Waals surface area contributed by atoms with Crippen LogP contribution in [0.25, 0.3) is 0 Å². The van der Waals surface area contributed by atoms with Gasteiger partial charge in [0, 0.05) is 57.0 Å². The van der Waals surface area contributed by atoms with Crippen molar-refractivity contribution < 1.29 is 26.9 Å². The highest BCUT2D eigenvalue weighted by Crippen LogP contribution is 2.32. The molecular formula is C21H24F2N4O5S. The predicted octanol–water partition coefficient (Wildman–Crippen LogP) is 2.87. The van der Waals surface area contributed by atoms with E-state index in [0.29, 0.717) is 6.07 Å². The molecule has 0 bridgehead atoms. The summed E-state index contributed by atoms with van der Waals surface area (Å²) in [7, 11) is -3.87. The van der Waals surface area contributed by atoms with Gasteiger partial charge in [-0.15, -0.1) is 0 Å². The number of anilines is 1. The average Bonchev–Trinajstić information content (AvgIpc) is 2.78. The van der Waals surface area contributed by atoms with Crippen LogP contribution in [0.3, 0.4) is 0 Å². The Hall–Kier alpha value is -3.12. The first kappa shape index (κ1) is 24.5. The molecule has 0 aromatic heterocycles. The van der Waals surface area contributed by atoms with Crippen LogP contribution >= 0.6 is 0 Å². The number of benzene rings is 2. The summed E-state index contributed by atoms with van der Waals surface area (Å²) in [5.74, 6) is -2.25. The maximum Gasteiger partial charge on any atom is 0.293 e. The van der Waals surface area contributed by atoms with E-state index in [1.54, 1.807) is 18.7 Å². The van der Waals surface area contributed by atoms with Crippen LogP contribution in [0.1, 0.15) is 24.2 Å². The Morgan fingerprint density at radius 3 is 2.12 bits per heavy atom. The highest BCUT2D eigenvalue weighted by molar-refractivity contribution is 7.89. The Balaban J connectivity index is 1.81. The lowest BCUT2D eigenvalue weighted by atomic mass is 10.1. The van der Waals surface area contributed by atoms with Gasteiger partial charge in [0.1, 0.15) is 17.3 Å². The number of piperazine rings is 1. The molecule has 1 amide bonds. The van der Waals surface area contributed by atoms with Crippen LogP contribution in [0, 0.1) is 21.7 Å². The summed E-state index contributed by atoms with van der Waals surface area (Å²) < 4.78 is 53.6. The van der Waals surface area contributed by atoms with Crippen molar-refractivity contribution in [3.8, 4) is 0 Å². The van der Waals surface area contributed by atoms with E-state index >= 15 is 0 Å². The van der Waals surface area contributed by atoms with E-state index in [2.05, 4.69) is 0 Å². The van der Waals surface area contributed by atoms with Gasteiger partial charge in [-0.1, -0.05) is 13.8 Å². The molecule has 2 aromatic carbocycles. The summed E-state index contributed by atoms with van der Waals surface area (Å²) in [6, 6.07) is 6.38. The largest absolute Gasteiger partial charge is 0.362 e. The van der Waals surface area contributed by atoms with Gasteiger partial charge in [-0.3, -0.25) is 14.9 Å². The SMILES string of the molecule is CCN(CC)S(=O)(=O)c1ccc(N2CCN(C(=O)c3cc(F)cc(F)c3)CC2)c([N+](=O)[O-])c1. The topological polar surface area (TPSA) is 104 Å². The zero-order valence-electron chi connectivity index (χ0n) is 18.2. The molecule has 1 fully saturated rings. The van der Waals surface area contributed by atoms with Gasteiger partial charge in [-0.05, 0) is 24.3 Å². The molecule has 0 N–H and O–H groups in total. The summed E-state index contributed by atoms with van der Waals surface area (Å²) >= 11 is 0. The second-order valence-electron chi connectivity index (χ2n) is 7.43. The normalized spacial score (nSPS) is 14.6. The number of carbonyl (C=O) groups is 1. The van der Waals surface area contributed by atoms with E-state index in [0.717, 1.165) is 18.2 Å². The fourth-order valence-electron chi connectivity index (χ4n) is 3.80. The molecule has 0 spiro atoms. The van der Waals surface area contributed by atoms with Gasteiger partial charge < -0.3 is 9.80 Å². The van der Waals surface area contributed by atoms with Gasteiger partial charge >= 0.3 is 0 Å². The molecule has 3 rings (SSSR count). The molecule has 0 aliphatic carbocycles. The summed E-state index contributed by atoms with van der Waals surface area (Å²) in [4.78, 5) is 26.6. The quantitative estimate of drug-likeness (QED) is 0.444. The molecule has 2 aromatic rings. The third kappa shape index (κ3) is 5.11. The second kappa shape index (κ2) is 9.79. The molecule has 0 radical (unpaired) electrons. The van der Waals surface area contributed by atoms with E-state index in [1.807, 2.05) is 0 Å². The van der Waals surface area contributed by atoms with Crippen molar-refractivity contribution in [2.75, 3.05) is 44.2 Å². The van der Waals surface area contributed by atoms with E-state index in [4.69, 9.17) is 0 Å². The molecule has 33 heavy (non-hydrogen) atoms. The first-order chi connectivity index (χ1) is 15.6. The maximum atomic E-state index is 13.4. The molecule has 0 atom stereocenters. The first-order valence-electron chi connectivity index (χ1n) is 10.4. The number of nitro groups is 1. The van der Waals surface area contributed by atoms with Gasteiger partial charge in [0.15, 0.2) is 0 Å². The van der Waals surface area contributed by atoms with E-state index < -0.39 is 32.5 Å². The highest BCUT2D eigenvalue weighted by Gasteiger charge is 2.30. The van der Waals surface area contributed by atoms with Gasteiger partial charge in [-0.25, -0.2) is 17.2 Å². The van der Waals surface area contributed by atoms with Crippen molar-refractivity contribution in [2.45, 2.75) is 18.7 Å². The van der Waals surface area contributed by atoms with Crippen LogP contribution in [-0.2, 0) is 10.0 Å². The summed E-state index contributed by atoms with van der Waals surface area (Å²) in [6.07, 6.45) is 0. The molecule has 0 saturated carbocycles. The number of hydrogen-bond acceptors (Lipinski definition) is 6. The van der Waals surface area contributed by atoms with Crippen molar-refractivity contribution in [2.24, 2.45) is 0 Å². The smallest absolute Gasteiger partial charge is 0.293 e. The number of halogens is 2. The molecule has 1 saturated heterocycles. The summed E-state index contributed by atoms with van der Waals surface area (Å²) in [5, 5.41) is 11.7. The minimum atomic E-state index is -3.87. The zero-order chi connectivity index (χ0) is 24.3. The third-order valence-electron chi connectivity index (χ3n) is 5.50. The monoisotopic (exact) mass is 482 g/mol. The number of rotatable bonds is 7. The third-order valence-corrected chi connectivity index (χ3v) is 7.55. The first-order valence-corrected chi connectivity index (χ1v) is 11.8. The molecule has 12 heteroatoms. The fourth-order valence-corrected chi connectivity index (χ4v) is 5.28. The van der Waals surface area contributed by atoms with Crippen molar-refractivity contribution in [3.05, 3.63) is 63.7 Å². The van der Waals surface area contributed by atoms with Crippen LogP contribution in [0.5, 0.6) is 0 Å². The zero-order valence-corrected chi connectivity index (χ0v) is 19.0. The van der Waals surface area contributed by atoms with Gasteiger partial charge in [0.25, 0.3) is 11.6 Å². The van der Waals surface area contributed by atoms with Crippen LogP contribution < -0.4 is 4.90 Å². The van der Waals surface area contributed by atoms with Crippen molar-refractivity contribution >= 4 is 27.3 Å². The number of sulfonamides is 1. The minimum absolute atomic E-state index is 0.113. The number of nitro benzene ring substituents is 1. The van der Waals surface area contributed by atoms with Gasteiger partial charge in [-0.2, -0.15) is 4.31 Å². The standard InChI is InChI=1S/C21H24F2N4O5S/c1-3-26(4-2)33(31,32)18-5-6-19(20(14-18)27(29)30)24-7-9-25(10-8-24)21(28)15-11-16(22)13-17(23)12-15/h5-6,11-14H,3-4,7-10H2,1-2H3. The number of carbonyl (C=O) groups excluding carboxylic acids is 1. The Morgan fingerprint density at radius 1 is 1.03 bits per heavy atom. The van der Waals surface area contributed by atoms with Crippen molar-refractivity contribution in [1.82, 2.24) is 9.21 Å². The van der Waals surface area contributed by atoms with Crippen LogP contribution in [0.2, 0.25) is 0 Å². The van der Waals surface area contributed by atoms with Crippen molar-refractivity contribution in [3.63, 3.8) is 0 Å². The number of amides is 1. The van der Waals surface area contributed by atoms with E-state index in [1.165, 1.54) is 21.3 Å². The van der Waals surface area contributed by atoms with E-state index in [9.17, 15) is 32.1 Å². The van der Waals surface area contributed by atoms with Gasteiger partial charge in [0.05, 0.1) is 9.82 Å². The molecular weight excluding hydrogens is 458 g/mol. The predicted molar refractivity (Wildman–Crippen MR) is 118 cm³/mol. The van der Waals surface area contributed by atoms with Crippen LogP contribution in [-0.4, -0.2) is 67.7 Å². The summed E-state index contributed by atoms with van der Waals surface area (Å²) in [5.41, 5.74) is -0.226. The molecule has 1 heterocycles. The molecule has 1 aliphatic rings. The Bertz CT molecular complexity index is 1140. The highest BCUT2D eigenvalue weighted by atomic mass is 32.2. The molecule has 178 valence electrons. The Kier molecular flexibility index (Phi) is 7.28. The fraction of sp³-hybridized carbons (Fsp3) is 0.381. The lowest BCUT2D eigenvalue weighted by Crippen LogP contribution is -2.49. The molecule has 0 unspecified atom stereocenters. The Morgan fingerprint density at radius 2 is 1.61 bits per heavy atom. The minimum Gasteiger partial charge on any atom is -0.362 e. The number of nitrogens with zero attached hydrogens (tertiary/aromatic N) is 4. The second-order valence-corrected chi connectivity index (χ2v) is 9.37. The molecule has 1 aliphatic heterocycles. The average molecular weight is 483 g/mol. The maximum absolute atomic E-state index is 13.4. The lowest BCUT2D eigenvalue weighted by molar-refractivity contribution is -0.384. The lowest BCUT2D eigenvalue weighted by Gasteiger charge is -2.36. The van der Waals surface area contributed by atoms with Gasteiger partial charge in [0.2, 0.25) is 10.0 Å². The van der Waals surface area contributed by atoms with Crippen LogP contribution in [0.4, 0.5) is 20.2 Å². The number of hydrogen-bond donors (Lipinski definition) is 0. The van der Waals surface area contributed by atoms with E-state index in [-0.39, 0.29) is 61.1 Å². The molecule has 9 nitrogen and oxygen atoms in total.